The lowest BCUT2D eigenvalue weighted by Gasteiger charge is -2.18. The molecule has 3 aromatic carbocycles. The van der Waals surface area contributed by atoms with E-state index >= 15 is 0 Å². The van der Waals surface area contributed by atoms with E-state index in [2.05, 4.69) is 10.3 Å². The number of esters is 1. The first-order valence-electron chi connectivity index (χ1n) is 12.6. The first-order valence-corrected chi connectivity index (χ1v) is 13.5. The molecular formula is C31H26N2O6S. The summed E-state index contributed by atoms with van der Waals surface area (Å²) in [6.45, 7) is 3.66. The molecule has 0 unspecified atom stereocenters. The number of ether oxygens (including phenoxy) is 2. The standard InChI is InChI=1S/C31H26N2O6S/c1-19-13-23(15-26-27(19)28(34)24(17-37-26)29-32-20(2)18-40-29)39-30(35)25(14-21-9-5-3-6-10-21)33-31(36)38-16-22-11-7-4-8-12-22/h3-13,15,17-18,25H,14,16H2,1-2H3,(H,33,36)/t25-/m1/s1. The van der Waals surface area contributed by atoms with Crippen molar-refractivity contribution in [3.8, 4) is 16.3 Å². The second kappa shape index (κ2) is 12.0. The minimum atomic E-state index is -1.02. The first-order chi connectivity index (χ1) is 19.4. The number of benzene rings is 3. The van der Waals surface area contributed by atoms with Crippen LogP contribution < -0.4 is 15.5 Å². The predicted octanol–water partition coefficient (Wildman–Crippen LogP) is 5.98. The first kappa shape index (κ1) is 26.8. The second-order valence-corrected chi connectivity index (χ2v) is 10.1. The minimum Gasteiger partial charge on any atom is -0.463 e. The molecule has 2 heterocycles. The van der Waals surface area contributed by atoms with Crippen LogP contribution in [-0.2, 0) is 22.6 Å². The Morgan fingerprint density at radius 3 is 2.38 bits per heavy atom. The van der Waals surface area contributed by atoms with E-state index in [0.29, 0.717) is 21.5 Å². The summed E-state index contributed by atoms with van der Waals surface area (Å²) in [6.07, 6.45) is 0.821. The number of aromatic nitrogens is 1. The summed E-state index contributed by atoms with van der Waals surface area (Å²) in [5, 5.41) is 5.46. The number of rotatable bonds is 8. The Labute approximate surface area is 234 Å². The fourth-order valence-corrected chi connectivity index (χ4v) is 5.04. The Kier molecular flexibility index (Phi) is 8.02. The number of nitrogens with one attached hydrogen (secondary N) is 1. The van der Waals surface area contributed by atoms with Gasteiger partial charge in [0, 0.05) is 23.6 Å². The largest absolute Gasteiger partial charge is 0.463 e. The molecule has 9 heteroatoms. The zero-order valence-electron chi connectivity index (χ0n) is 21.9. The van der Waals surface area contributed by atoms with Gasteiger partial charge in [0.05, 0.1) is 10.9 Å². The lowest BCUT2D eigenvalue weighted by molar-refractivity contribution is -0.136. The fraction of sp³-hybridized carbons (Fsp3) is 0.161. The monoisotopic (exact) mass is 554 g/mol. The predicted molar refractivity (Wildman–Crippen MR) is 152 cm³/mol. The maximum atomic E-state index is 13.3. The summed E-state index contributed by atoms with van der Waals surface area (Å²) in [6, 6.07) is 20.6. The van der Waals surface area contributed by atoms with Crippen LogP contribution in [0.1, 0.15) is 22.4 Å². The number of thiazole rings is 1. The van der Waals surface area contributed by atoms with Crippen molar-refractivity contribution in [2.75, 3.05) is 0 Å². The molecule has 1 atom stereocenters. The Morgan fingerprint density at radius 1 is 1.00 bits per heavy atom. The smallest absolute Gasteiger partial charge is 0.408 e. The number of carbonyl (C=O) groups is 2. The molecule has 0 bridgehead atoms. The SMILES string of the molecule is Cc1csc(-c2coc3cc(OC(=O)[C@@H](Cc4ccccc4)NC(=O)OCc4ccccc4)cc(C)c3c2=O)n1. The summed E-state index contributed by atoms with van der Waals surface area (Å²) in [5.41, 5.74) is 3.50. The summed E-state index contributed by atoms with van der Waals surface area (Å²) in [4.78, 5) is 43.5. The molecule has 0 aliphatic carbocycles. The highest BCUT2D eigenvalue weighted by atomic mass is 32.1. The van der Waals surface area contributed by atoms with Gasteiger partial charge < -0.3 is 19.2 Å². The third-order valence-corrected chi connectivity index (χ3v) is 7.18. The normalized spacial score (nSPS) is 11.7. The maximum absolute atomic E-state index is 13.3. The number of hydrogen-bond donors (Lipinski definition) is 1. The van der Waals surface area contributed by atoms with Crippen LogP contribution in [0.5, 0.6) is 5.75 Å². The van der Waals surface area contributed by atoms with Crippen molar-refractivity contribution in [2.45, 2.75) is 32.9 Å². The van der Waals surface area contributed by atoms with Crippen molar-refractivity contribution in [3.63, 3.8) is 0 Å². The van der Waals surface area contributed by atoms with Gasteiger partial charge >= 0.3 is 12.1 Å². The number of carbonyl (C=O) groups excluding carboxylic acids is 2. The van der Waals surface area contributed by atoms with Crippen LogP contribution in [0, 0.1) is 13.8 Å². The lowest BCUT2D eigenvalue weighted by Crippen LogP contribution is -2.44. The van der Waals surface area contributed by atoms with E-state index in [9.17, 15) is 14.4 Å². The van der Waals surface area contributed by atoms with E-state index in [0.717, 1.165) is 16.8 Å². The second-order valence-electron chi connectivity index (χ2n) is 9.26. The van der Waals surface area contributed by atoms with Crippen LogP contribution >= 0.6 is 11.3 Å². The molecule has 40 heavy (non-hydrogen) atoms. The van der Waals surface area contributed by atoms with Crippen molar-refractivity contribution in [1.82, 2.24) is 10.3 Å². The average molecular weight is 555 g/mol. The minimum absolute atomic E-state index is 0.0607. The number of fused-ring (bicyclic) bond motifs is 1. The van der Waals surface area contributed by atoms with E-state index in [-0.39, 0.29) is 29.8 Å². The molecule has 0 saturated carbocycles. The number of aryl methyl sites for hydroxylation is 2. The van der Waals surface area contributed by atoms with Crippen LogP contribution in [0.3, 0.4) is 0 Å². The highest BCUT2D eigenvalue weighted by molar-refractivity contribution is 7.13. The molecule has 5 rings (SSSR count). The van der Waals surface area contributed by atoms with Crippen molar-refractivity contribution < 1.29 is 23.5 Å². The topological polar surface area (TPSA) is 108 Å². The fourth-order valence-electron chi connectivity index (χ4n) is 4.24. The van der Waals surface area contributed by atoms with Crippen molar-refractivity contribution in [1.29, 1.82) is 0 Å². The van der Waals surface area contributed by atoms with Gasteiger partial charge in [0.1, 0.15) is 35.3 Å². The molecule has 0 aliphatic rings. The quantitative estimate of drug-likeness (QED) is 0.186. The number of alkyl carbamates (subject to hydrolysis) is 1. The maximum Gasteiger partial charge on any atom is 0.408 e. The molecular weight excluding hydrogens is 528 g/mol. The van der Waals surface area contributed by atoms with Crippen LogP contribution in [0.15, 0.2) is 93.7 Å². The van der Waals surface area contributed by atoms with Gasteiger partial charge in [-0.25, -0.2) is 14.6 Å². The van der Waals surface area contributed by atoms with Gasteiger partial charge in [-0.3, -0.25) is 4.79 Å². The lowest BCUT2D eigenvalue weighted by atomic mass is 10.1. The summed E-state index contributed by atoms with van der Waals surface area (Å²) >= 11 is 1.37. The molecule has 0 aliphatic heterocycles. The third-order valence-electron chi connectivity index (χ3n) is 6.19. The van der Waals surface area contributed by atoms with Gasteiger partial charge in [-0.05, 0) is 36.6 Å². The average Bonchev–Trinajstić information content (AvgIpc) is 3.38. The highest BCUT2D eigenvalue weighted by Crippen LogP contribution is 2.28. The van der Waals surface area contributed by atoms with Crippen LogP contribution in [0.2, 0.25) is 0 Å². The van der Waals surface area contributed by atoms with E-state index in [1.165, 1.54) is 23.7 Å². The van der Waals surface area contributed by atoms with Crippen molar-refractivity contribution in [2.24, 2.45) is 0 Å². The van der Waals surface area contributed by atoms with Gasteiger partial charge in [-0.15, -0.1) is 11.3 Å². The van der Waals surface area contributed by atoms with Gasteiger partial charge in [0.2, 0.25) is 5.43 Å². The molecule has 8 nitrogen and oxygen atoms in total. The Hall–Kier alpha value is -4.76. The van der Waals surface area contributed by atoms with Crippen molar-refractivity contribution >= 4 is 34.4 Å². The summed E-state index contributed by atoms with van der Waals surface area (Å²) < 4.78 is 16.8. The van der Waals surface area contributed by atoms with Crippen LogP contribution in [-0.4, -0.2) is 23.1 Å². The molecule has 1 N–H and O–H groups in total. The third kappa shape index (κ3) is 6.27. The Morgan fingerprint density at radius 2 is 1.70 bits per heavy atom. The molecule has 2 aromatic heterocycles. The number of amides is 1. The number of hydrogen-bond acceptors (Lipinski definition) is 8. The zero-order chi connectivity index (χ0) is 28.1. The van der Waals surface area contributed by atoms with E-state index in [1.54, 1.807) is 13.0 Å². The molecule has 202 valence electrons. The zero-order valence-corrected chi connectivity index (χ0v) is 22.7. The molecule has 0 radical (unpaired) electrons. The van der Waals surface area contributed by atoms with Gasteiger partial charge in [0.15, 0.2) is 0 Å². The molecule has 5 aromatic rings. The Bertz CT molecular complexity index is 1710. The van der Waals surface area contributed by atoms with Gasteiger partial charge in [0.25, 0.3) is 0 Å². The number of nitrogens with zero attached hydrogens (tertiary/aromatic N) is 1. The van der Waals surface area contributed by atoms with Crippen molar-refractivity contribution in [3.05, 3.63) is 117 Å². The van der Waals surface area contributed by atoms with E-state index in [1.807, 2.05) is 73.0 Å². The molecule has 0 spiro atoms. The molecule has 0 saturated heterocycles. The van der Waals surface area contributed by atoms with Gasteiger partial charge in [-0.2, -0.15) is 0 Å². The molecule has 1 amide bonds. The van der Waals surface area contributed by atoms with E-state index < -0.39 is 18.1 Å². The molecule has 0 fully saturated rings. The summed E-state index contributed by atoms with van der Waals surface area (Å²) in [7, 11) is 0. The Balaban J connectivity index is 1.36. The van der Waals surface area contributed by atoms with Crippen LogP contribution in [0.4, 0.5) is 4.79 Å². The van der Waals surface area contributed by atoms with Crippen LogP contribution in [0.25, 0.3) is 21.5 Å². The van der Waals surface area contributed by atoms with E-state index in [4.69, 9.17) is 13.9 Å². The summed E-state index contributed by atoms with van der Waals surface area (Å²) in [5.74, 6) is -0.495. The highest BCUT2D eigenvalue weighted by Gasteiger charge is 2.25. The van der Waals surface area contributed by atoms with Gasteiger partial charge in [-0.1, -0.05) is 60.7 Å².